The van der Waals surface area contributed by atoms with Gasteiger partial charge in [-0.15, -0.1) is 0 Å². The number of nitrogens with one attached hydrogen (secondary N) is 1. The minimum Gasteiger partial charge on any atom is -0.434 e. The molecule has 3 rings (SSSR count). The highest BCUT2D eigenvalue weighted by Crippen LogP contribution is 2.24. The van der Waals surface area contributed by atoms with Crippen molar-refractivity contribution in [3.05, 3.63) is 46.5 Å². The molecule has 1 aliphatic rings. The molecule has 0 saturated carbocycles. The van der Waals surface area contributed by atoms with Gasteiger partial charge in [0.05, 0.1) is 6.61 Å². The number of amides is 1. The minimum atomic E-state index is -2.96. The molecular formula is C15H14ClF2N3O3. The summed E-state index contributed by atoms with van der Waals surface area (Å²) in [6.45, 7) is -1.41. The summed E-state index contributed by atoms with van der Waals surface area (Å²) in [6, 6.07) is 4.24. The van der Waals surface area contributed by atoms with Crippen molar-refractivity contribution in [2.24, 2.45) is 0 Å². The van der Waals surface area contributed by atoms with Crippen LogP contribution in [0.1, 0.15) is 21.9 Å². The van der Waals surface area contributed by atoms with Crippen molar-refractivity contribution in [1.29, 1.82) is 0 Å². The summed E-state index contributed by atoms with van der Waals surface area (Å²) in [5.41, 5.74) is 0.595. The third-order valence-corrected chi connectivity index (χ3v) is 3.71. The van der Waals surface area contributed by atoms with Crippen molar-refractivity contribution >= 4 is 17.5 Å². The lowest BCUT2D eigenvalue weighted by atomic mass is 10.2. The molecular weight excluding hydrogens is 344 g/mol. The average molecular weight is 358 g/mol. The van der Waals surface area contributed by atoms with Crippen molar-refractivity contribution in [1.82, 2.24) is 14.9 Å². The number of ether oxygens (including phenoxy) is 2. The molecule has 24 heavy (non-hydrogen) atoms. The van der Waals surface area contributed by atoms with E-state index in [4.69, 9.17) is 16.3 Å². The van der Waals surface area contributed by atoms with Crippen LogP contribution in [0.2, 0.25) is 5.02 Å². The van der Waals surface area contributed by atoms with E-state index in [2.05, 4.69) is 15.0 Å². The number of nitrogens with zero attached hydrogens (tertiary/aromatic N) is 2. The molecule has 1 aromatic heterocycles. The minimum absolute atomic E-state index is 0.0138. The number of hydrogen-bond acceptors (Lipinski definition) is 4. The lowest BCUT2D eigenvalue weighted by molar-refractivity contribution is -0.0504. The van der Waals surface area contributed by atoms with Crippen LogP contribution in [0.5, 0.6) is 5.75 Å². The number of alkyl halides is 2. The Morgan fingerprint density at radius 2 is 2.33 bits per heavy atom. The fourth-order valence-corrected chi connectivity index (χ4v) is 2.56. The van der Waals surface area contributed by atoms with Gasteiger partial charge < -0.3 is 19.4 Å². The van der Waals surface area contributed by atoms with E-state index in [-0.39, 0.29) is 18.0 Å². The zero-order valence-corrected chi connectivity index (χ0v) is 13.2. The van der Waals surface area contributed by atoms with Crippen LogP contribution in [0.25, 0.3) is 0 Å². The van der Waals surface area contributed by atoms with Crippen LogP contribution in [0.4, 0.5) is 8.78 Å². The van der Waals surface area contributed by atoms with Gasteiger partial charge in [-0.25, -0.2) is 4.98 Å². The van der Waals surface area contributed by atoms with E-state index in [0.717, 1.165) is 0 Å². The third kappa shape index (κ3) is 3.82. The van der Waals surface area contributed by atoms with E-state index in [9.17, 15) is 13.6 Å². The highest BCUT2D eigenvalue weighted by Gasteiger charge is 2.18. The molecule has 2 aromatic rings. The van der Waals surface area contributed by atoms with Gasteiger partial charge in [-0.3, -0.25) is 4.79 Å². The summed E-state index contributed by atoms with van der Waals surface area (Å²) in [4.78, 5) is 16.4. The number of carbonyl (C=O) groups excluding carboxylic acids is 1. The Morgan fingerprint density at radius 1 is 1.50 bits per heavy atom. The third-order valence-electron chi connectivity index (χ3n) is 3.48. The highest BCUT2D eigenvalue weighted by molar-refractivity contribution is 6.30. The van der Waals surface area contributed by atoms with Crippen molar-refractivity contribution in [3.63, 3.8) is 0 Å². The van der Waals surface area contributed by atoms with Crippen molar-refractivity contribution < 1.29 is 23.0 Å². The quantitative estimate of drug-likeness (QED) is 0.893. The summed E-state index contributed by atoms with van der Waals surface area (Å²) >= 11 is 5.87. The molecule has 0 radical (unpaired) electrons. The highest BCUT2D eigenvalue weighted by atomic mass is 35.5. The summed E-state index contributed by atoms with van der Waals surface area (Å²) in [5, 5.41) is 2.98. The fraction of sp³-hybridized carbons (Fsp3) is 0.333. The van der Waals surface area contributed by atoms with Crippen LogP contribution in [-0.4, -0.2) is 28.7 Å². The fourth-order valence-electron chi connectivity index (χ4n) is 2.36. The Hall–Kier alpha value is -2.19. The number of rotatable bonds is 5. The first-order valence-electron chi connectivity index (χ1n) is 7.18. The van der Waals surface area contributed by atoms with Gasteiger partial charge in [0.25, 0.3) is 5.91 Å². The van der Waals surface area contributed by atoms with E-state index in [1.54, 1.807) is 6.20 Å². The van der Waals surface area contributed by atoms with Crippen LogP contribution < -0.4 is 10.1 Å². The van der Waals surface area contributed by atoms with Gasteiger partial charge >= 0.3 is 6.61 Å². The van der Waals surface area contributed by atoms with Gasteiger partial charge in [-0.05, 0) is 18.2 Å². The number of benzene rings is 1. The zero-order valence-electron chi connectivity index (χ0n) is 12.5. The van der Waals surface area contributed by atoms with E-state index >= 15 is 0 Å². The molecule has 0 saturated heterocycles. The molecule has 128 valence electrons. The molecule has 1 N–H and O–H groups in total. The van der Waals surface area contributed by atoms with Crippen LogP contribution in [0, 0.1) is 0 Å². The van der Waals surface area contributed by atoms with Gasteiger partial charge in [0.15, 0.2) is 0 Å². The largest absolute Gasteiger partial charge is 0.434 e. The molecule has 6 nitrogen and oxygen atoms in total. The average Bonchev–Trinajstić information content (AvgIpc) is 2.98. The summed E-state index contributed by atoms with van der Waals surface area (Å²) in [5.74, 6) is 0.225. The normalized spacial score (nSPS) is 13.7. The Labute approximate surface area is 141 Å². The standard InChI is InChI=1S/C15H14ClF2N3O3/c16-10-1-2-12(24-15(17)18)9(5-10)6-19-14(22)11-7-21-3-4-23-8-13(21)20-11/h1-2,5,7,15H,3-4,6,8H2,(H,19,22). The summed E-state index contributed by atoms with van der Waals surface area (Å²) in [6.07, 6.45) is 1.64. The van der Waals surface area contributed by atoms with Crippen LogP contribution in [0.3, 0.4) is 0 Å². The Bertz CT molecular complexity index is 728. The van der Waals surface area contributed by atoms with Gasteiger partial charge in [0.1, 0.15) is 23.9 Å². The van der Waals surface area contributed by atoms with Crippen LogP contribution in [-0.2, 0) is 24.4 Å². The molecule has 1 aromatic carbocycles. The Balaban J connectivity index is 1.70. The molecule has 0 bridgehead atoms. The number of hydrogen-bond donors (Lipinski definition) is 1. The van der Waals surface area contributed by atoms with Crippen molar-refractivity contribution in [2.75, 3.05) is 6.61 Å². The predicted molar refractivity (Wildman–Crippen MR) is 81.1 cm³/mol. The molecule has 2 heterocycles. The lowest BCUT2D eigenvalue weighted by Gasteiger charge is -2.13. The van der Waals surface area contributed by atoms with Gasteiger partial charge in [0.2, 0.25) is 0 Å². The van der Waals surface area contributed by atoms with Crippen molar-refractivity contribution in [2.45, 2.75) is 26.3 Å². The molecule has 0 spiro atoms. The number of aromatic nitrogens is 2. The first kappa shape index (κ1) is 16.7. The van der Waals surface area contributed by atoms with Gasteiger partial charge in [-0.1, -0.05) is 11.6 Å². The summed E-state index contributed by atoms with van der Waals surface area (Å²) < 4.78 is 36.4. The number of fused-ring (bicyclic) bond motifs is 1. The number of imidazole rings is 1. The topological polar surface area (TPSA) is 65.4 Å². The maximum Gasteiger partial charge on any atom is 0.387 e. The molecule has 9 heteroatoms. The first-order valence-corrected chi connectivity index (χ1v) is 7.56. The summed E-state index contributed by atoms with van der Waals surface area (Å²) in [7, 11) is 0. The van der Waals surface area contributed by atoms with E-state index in [0.29, 0.717) is 36.2 Å². The smallest absolute Gasteiger partial charge is 0.387 e. The Morgan fingerprint density at radius 3 is 3.08 bits per heavy atom. The number of halogens is 3. The van der Waals surface area contributed by atoms with Crippen LogP contribution >= 0.6 is 11.6 Å². The SMILES string of the molecule is O=C(NCc1cc(Cl)ccc1OC(F)F)c1cn2c(n1)COCC2. The van der Waals surface area contributed by atoms with E-state index in [1.807, 2.05) is 4.57 Å². The van der Waals surface area contributed by atoms with Crippen molar-refractivity contribution in [3.8, 4) is 5.75 Å². The molecule has 1 amide bonds. The zero-order chi connectivity index (χ0) is 17.1. The predicted octanol–water partition coefficient (Wildman–Crippen LogP) is 2.60. The maximum absolute atomic E-state index is 12.4. The van der Waals surface area contributed by atoms with Gasteiger partial charge in [-0.2, -0.15) is 8.78 Å². The molecule has 0 fully saturated rings. The number of carbonyl (C=O) groups is 1. The van der Waals surface area contributed by atoms with E-state index in [1.165, 1.54) is 18.2 Å². The second-order valence-electron chi connectivity index (χ2n) is 5.10. The molecule has 1 aliphatic heterocycles. The Kier molecular flexibility index (Phi) is 4.96. The molecule has 0 atom stereocenters. The van der Waals surface area contributed by atoms with Gasteiger partial charge in [0, 0.05) is 29.9 Å². The monoisotopic (exact) mass is 357 g/mol. The maximum atomic E-state index is 12.4. The first-order chi connectivity index (χ1) is 11.5. The second kappa shape index (κ2) is 7.14. The lowest BCUT2D eigenvalue weighted by Crippen LogP contribution is -2.23. The molecule has 0 aliphatic carbocycles. The second-order valence-corrected chi connectivity index (χ2v) is 5.54. The van der Waals surface area contributed by atoms with Crippen LogP contribution in [0.15, 0.2) is 24.4 Å². The molecule has 0 unspecified atom stereocenters. The van der Waals surface area contributed by atoms with E-state index < -0.39 is 12.5 Å².